The monoisotopic (exact) mass is 363 g/mol. The maximum atomic E-state index is 9.61. The number of hydrogen-bond acceptors (Lipinski definition) is 7. The molecular formula is C9H18INO6. The number of nitrogens with one attached hydrogen (secondary N) is 1. The van der Waals surface area contributed by atoms with Crippen LogP contribution in [0.5, 0.6) is 0 Å². The summed E-state index contributed by atoms with van der Waals surface area (Å²) < 4.78 is 11.2. The summed E-state index contributed by atoms with van der Waals surface area (Å²) in [6.45, 7) is 0.431. The SMILES string of the molecule is OCC1OC(OCCNCI)C(O)C(O)C1O. The summed E-state index contributed by atoms with van der Waals surface area (Å²) in [5, 5.41) is 40.6. The summed E-state index contributed by atoms with van der Waals surface area (Å²) in [4.78, 5) is 0. The van der Waals surface area contributed by atoms with Crippen molar-refractivity contribution in [2.75, 3.05) is 24.3 Å². The molecule has 5 N–H and O–H groups in total. The number of alkyl halides is 1. The van der Waals surface area contributed by atoms with Crippen molar-refractivity contribution in [3.05, 3.63) is 0 Å². The number of halogens is 1. The van der Waals surface area contributed by atoms with Crippen LogP contribution in [0.1, 0.15) is 0 Å². The zero-order chi connectivity index (χ0) is 12.8. The zero-order valence-corrected chi connectivity index (χ0v) is 11.4. The first kappa shape index (κ1) is 15.5. The lowest BCUT2D eigenvalue weighted by Gasteiger charge is -2.39. The molecule has 102 valence electrons. The van der Waals surface area contributed by atoms with Gasteiger partial charge in [-0.1, -0.05) is 22.6 Å². The molecule has 5 unspecified atom stereocenters. The summed E-state index contributed by atoms with van der Waals surface area (Å²) in [5.74, 6) is 0. The molecule has 1 aliphatic rings. The van der Waals surface area contributed by atoms with E-state index in [9.17, 15) is 15.3 Å². The predicted octanol–water partition coefficient (Wildman–Crippen LogP) is -2.21. The van der Waals surface area contributed by atoms with E-state index in [0.29, 0.717) is 13.2 Å². The lowest BCUT2D eigenvalue weighted by molar-refractivity contribution is -0.300. The maximum absolute atomic E-state index is 9.61. The van der Waals surface area contributed by atoms with Gasteiger partial charge in [-0.15, -0.1) is 0 Å². The molecule has 0 radical (unpaired) electrons. The average molecular weight is 363 g/mol. The van der Waals surface area contributed by atoms with Gasteiger partial charge in [-0.3, -0.25) is 0 Å². The summed E-state index contributed by atoms with van der Waals surface area (Å²) in [5.41, 5.74) is 0. The van der Waals surface area contributed by atoms with Crippen LogP contribution in [0.15, 0.2) is 0 Å². The Bertz CT molecular complexity index is 220. The zero-order valence-electron chi connectivity index (χ0n) is 9.20. The van der Waals surface area contributed by atoms with Crippen LogP contribution in [0, 0.1) is 0 Å². The molecule has 5 atom stereocenters. The molecule has 1 heterocycles. The van der Waals surface area contributed by atoms with E-state index in [-0.39, 0.29) is 0 Å². The Balaban J connectivity index is 2.42. The lowest BCUT2D eigenvalue weighted by Crippen LogP contribution is -2.59. The van der Waals surface area contributed by atoms with Gasteiger partial charge in [0.15, 0.2) is 6.29 Å². The molecule has 0 aliphatic carbocycles. The summed E-state index contributed by atoms with van der Waals surface area (Å²) in [6.07, 6.45) is -6.02. The summed E-state index contributed by atoms with van der Waals surface area (Å²) in [7, 11) is 0. The third-order valence-electron chi connectivity index (χ3n) is 2.50. The first-order chi connectivity index (χ1) is 8.11. The molecule has 0 spiro atoms. The van der Waals surface area contributed by atoms with Crippen LogP contribution in [0.2, 0.25) is 0 Å². The molecule has 0 aromatic heterocycles. The van der Waals surface area contributed by atoms with E-state index in [1.54, 1.807) is 0 Å². The first-order valence-electron chi connectivity index (χ1n) is 5.30. The van der Waals surface area contributed by atoms with E-state index >= 15 is 0 Å². The number of hydrogen-bond donors (Lipinski definition) is 5. The van der Waals surface area contributed by atoms with Crippen molar-refractivity contribution in [3.63, 3.8) is 0 Å². The smallest absolute Gasteiger partial charge is 0.186 e. The molecule has 0 aromatic rings. The topological polar surface area (TPSA) is 111 Å². The molecular weight excluding hydrogens is 345 g/mol. The minimum absolute atomic E-state index is 0.297. The third-order valence-corrected chi connectivity index (χ3v) is 3.04. The van der Waals surface area contributed by atoms with Crippen molar-refractivity contribution in [2.45, 2.75) is 30.7 Å². The highest BCUT2D eigenvalue weighted by Gasteiger charge is 2.43. The highest BCUT2D eigenvalue weighted by molar-refractivity contribution is 14.1. The number of rotatable bonds is 6. The van der Waals surface area contributed by atoms with Crippen molar-refractivity contribution >= 4 is 22.6 Å². The largest absolute Gasteiger partial charge is 0.394 e. The Labute approximate surface area is 113 Å². The second-order valence-electron chi connectivity index (χ2n) is 3.70. The molecule has 0 aromatic carbocycles. The fourth-order valence-electron chi connectivity index (χ4n) is 1.52. The van der Waals surface area contributed by atoms with Gasteiger partial charge in [0, 0.05) is 11.1 Å². The van der Waals surface area contributed by atoms with Crippen molar-refractivity contribution < 1.29 is 29.9 Å². The molecule has 0 saturated carbocycles. The first-order valence-corrected chi connectivity index (χ1v) is 6.83. The van der Waals surface area contributed by atoms with Crippen molar-refractivity contribution in [3.8, 4) is 0 Å². The molecule has 1 aliphatic heterocycles. The normalized spacial score (nSPS) is 38.3. The van der Waals surface area contributed by atoms with E-state index in [0.717, 1.165) is 4.55 Å². The van der Waals surface area contributed by atoms with Crippen LogP contribution in [0.3, 0.4) is 0 Å². The van der Waals surface area contributed by atoms with E-state index in [1.165, 1.54) is 0 Å². The molecule has 1 fully saturated rings. The van der Waals surface area contributed by atoms with Crippen molar-refractivity contribution in [2.24, 2.45) is 0 Å². The van der Waals surface area contributed by atoms with E-state index in [4.69, 9.17) is 14.6 Å². The van der Waals surface area contributed by atoms with Gasteiger partial charge in [0.2, 0.25) is 0 Å². The molecule has 1 saturated heterocycles. The van der Waals surface area contributed by atoms with Crippen LogP contribution in [-0.2, 0) is 9.47 Å². The van der Waals surface area contributed by atoms with Gasteiger partial charge >= 0.3 is 0 Å². The predicted molar refractivity (Wildman–Crippen MR) is 66.6 cm³/mol. The number of aliphatic hydroxyl groups excluding tert-OH is 4. The van der Waals surface area contributed by atoms with E-state index < -0.39 is 37.3 Å². The molecule has 8 heteroatoms. The minimum Gasteiger partial charge on any atom is -0.394 e. The van der Waals surface area contributed by atoms with Gasteiger partial charge < -0.3 is 35.2 Å². The standard InChI is InChI=1S/C9H18INO6/c10-4-11-1-2-16-9-8(15)7(14)6(13)5(3-12)17-9/h5-9,11-15H,1-4H2. The maximum Gasteiger partial charge on any atom is 0.186 e. The Kier molecular flexibility index (Phi) is 7.11. The minimum atomic E-state index is -1.39. The number of ether oxygens (including phenoxy) is 2. The van der Waals surface area contributed by atoms with Gasteiger partial charge in [-0.05, 0) is 0 Å². The van der Waals surface area contributed by atoms with Crippen molar-refractivity contribution in [1.82, 2.24) is 5.32 Å². The Hall–Kier alpha value is 0.450. The molecule has 0 amide bonds. The van der Waals surface area contributed by atoms with Gasteiger partial charge in [0.05, 0.1) is 13.2 Å². The molecule has 0 bridgehead atoms. The van der Waals surface area contributed by atoms with Crippen LogP contribution >= 0.6 is 22.6 Å². The van der Waals surface area contributed by atoms with Crippen LogP contribution in [0.25, 0.3) is 0 Å². The third kappa shape index (κ3) is 4.24. The quantitative estimate of drug-likeness (QED) is 0.157. The molecule has 1 rings (SSSR count). The van der Waals surface area contributed by atoms with E-state index in [2.05, 4.69) is 27.9 Å². The molecule has 17 heavy (non-hydrogen) atoms. The summed E-state index contributed by atoms with van der Waals surface area (Å²) >= 11 is 2.15. The van der Waals surface area contributed by atoms with Gasteiger partial charge in [0.1, 0.15) is 24.4 Å². The van der Waals surface area contributed by atoms with Crippen molar-refractivity contribution in [1.29, 1.82) is 0 Å². The molecule has 7 nitrogen and oxygen atoms in total. The van der Waals surface area contributed by atoms with E-state index in [1.807, 2.05) is 0 Å². The lowest BCUT2D eigenvalue weighted by atomic mass is 9.99. The van der Waals surface area contributed by atoms with Gasteiger partial charge in [-0.25, -0.2) is 0 Å². The Morgan fingerprint density at radius 2 is 1.88 bits per heavy atom. The van der Waals surface area contributed by atoms with Crippen LogP contribution in [0.4, 0.5) is 0 Å². The second-order valence-corrected chi connectivity index (χ2v) is 4.46. The Morgan fingerprint density at radius 3 is 2.47 bits per heavy atom. The van der Waals surface area contributed by atoms with Crippen LogP contribution < -0.4 is 5.32 Å². The highest BCUT2D eigenvalue weighted by Crippen LogP contribution is 2.21. The highest BCUT2D eigenvalue weighted by atomic mass is 127. The second kappa shape index (κ2) is 7.79. The van der Waals surface area contributed by atoms with Gasteiger partial charge in [0.25, 0.3) is 0 Å². The Morgan fingerprint density at radius 1 is 1.18 bits per heavy atom. The number of aliphatic hydroxyl groups is 4. The van der Waals surface area contributed by atoms with Gasteiger partial charge in [-0.2, -0.15) is 0 Å². The summed E-state index contributed by atoms with van der Waals surface area (Å²) in [6, 6.07) is 0. The van der Waals surface area contributed by atoms with Crippen LogP contribution in [-0.4, -0.2) is 75.4 Å². The fraction of sp³-hybridized carbons (Fsp3) is 1.00. The fourth-order valence-corrected chi connectivity index (χ4v) is 1.90. The average Bonchev–Trinajstić information content (AvgIpc) is 2.34.